The van der Waals surface area contributed by atoms with Crippen molar-refractivity contribution in [2.45, 2.75) is 59.1 Å². The number of rotatable bonds is 22. The van der Waals surface area contributed by atoms with Crippen LogP contribution < -0.4 is 47.5 Å². The maximum absolute atomic E-state index is 13.2. The molecular weight excluding hydrogens is 803 g/mol. The van der Waals surface area contributed by atoms with Crippen LogP contribution in [0.25, 0.3) is 0 Å². The molecule has 2 aromatic rings. The van der Waals surface area contributed by atoms with Crippen molar-refractivity contribution in [1.82, 2.24) is 15.5 Å². The number of piperidine rings is 1. The fourth-order valence-corrected chi connectivity index (χ4v) is 6.18. The first kappa shape index (κ1) is 49.4. The van der Waals surface area contributed by atoms with E-state index in [1.54, 1.807) is 37.0 Å². The van der Waals surface area contributed by atoms with Crippen LogP contribution in [0.15, 0.2) is 70.3 Å². The highest BCUT2D eigenvalue weighted by Gasteiger charge is 2.25. The maximum Gasteiger partial charge on any atom is 0.407 e. The number of carbonyl (C=O) groups excluding carboxylic acids is 4. The summed E-state index contributed by atoms with van der Waals surface area (Å²) in [4.78, 5) is 73.3. The summed E-state index contributed by atoms with van der Waals surface area (Å²) in [5, 5.41) is 21.0. The zero-order chi connectivity index (χ0) is 46.0. The Balaban J connectivity index is 1.78. The minimum atomic E-state index is -0.869. The normalized spacial score (nSPS) is 14.0. The van der Waals surface area contributed by atoms with Gasteiger partial charge in [-0.25, -0.2) is 4.79 Å². The van der Waals surface area contributed by atoms with Gasteiger partial charge in [0.25, 0.3) is 11.6 Å². The number of benzene rings is 2. The minimum absolute atomic E-state index is 0.0186. The van der Waals surface area contributed by atoms with Crippen molar-refractivity contribution < 1.29 is 38.3 Å². The van der Waals surface area contributed by atoms with Crippen molar-refractivity contribution in [2.75, 3.05) is 69.9 Å². The van der Waals surface area contributed by atoms with Gasteiger partial charge in [-0.2, -0.15) is 0 Å². The molecule has 0 unspecified atom stereocenters. The second-order valence-corrected chi connectivity index (χ2v) is 15.0. The SMILES string of the molecule is C=Nc1cc(C(N)=O)cc(OC)c1N(C/C=C/CNc1c(OC/C=C\CN2CCC(NC(=O)OC(C)(C)C)CC2)cc(C(N)=O)cc1[N+](=O)[O-])CNC(=O)C(/C=C(/C)N)=NCC. The second kappa shape index (κ2) is 23.7. The molecule has 1 fully saturated rings. The summed E-state index contributed by atoms with van der Waals surface area (Å²) in [6.07, 6.45) is 9.64. The molecule has 336 valence electrons. The first-order valence-electron chi connectivity index (χ1n) is 19.9. The lowest BCUT2D eigenvalue weighted by atomic mass is 10.1. The van der Waals surface area contributed by atoms with Gasteiger partial charge in [-0.05, 0) is 78.5 Å². The Morgan fingerprint density at radius 2 is 1.68 bits per heavy atom. The molecule has 4 amide bonds. The van der Waals surface area contributed by atoms with E-state index in [1.807, 2.05) is 26.8 Å². The van der Waals surface area contributed by atoms with E-state index in [0.29, 0.717) is 24.5 Å². The van der Waals surface area contributed by atoms with Gasteiger partial charge in [0.05, 0.1) is 24.4 Å². The van der Waals surface area contributed by atoms with E-state index in [4.69, 9.17) is 31.4 Å². The van der Waals surface area contributed by atoms with E-state index in [-0.39, 0.29) is 72.1 Å². The molecule has 0 bridgehead atoms. The number of anilines is 2. The Morgan fingerprint density at radius 1 is 1.02 bits per heavy atom. The molecule has 0 saturated carbocycles. The number of carbonyl (C=O) groups is 4. The number of hydrogen-bond donors (Lipinski definition) is 6. The van der Waals surface area contributed by atoms with Gasteiger partial charge in [-0.3, -0.25) is 39.4 Å². The number of nitrogens with two attached hydrogens (primary N) is 3. The van der Waals surface area contributed by atoms with Gasteiger partial charge in [-0.1, -0.05) is 24.3 Å². The molecule has 0 aromatic heterocycles. The standard InChI is InChI=1S/C42H59N11O9/c1-8-47-32(21-27(2)43)40(56)49-26-52(37-31(46-6)22-28(38(44)54)25-35(37)60-7)17-10-9-15-48-36-33(53(58)59)23-29(39(45)55)24-34(36)61-20-12-11-16-51-18-13-30(14-19-51)50-41(57)62-42(3,4)5/h9-12,21-25,30,48H,6,8,13-20,26,43H2,1-5,7H3,(H2,44,54)(H2,45,55)(H,49,56)(H,50,57)/b10-9+,12-11-,27-21-,47-32?. The fourth-order valence-electron chi connectivity index (χ4n) is 6.18. The number of nitro groups is 1. The number of likely N-dealkylation sites (tertiary alicyclic amines) is 1. The molecule has 0 spiro atoms. The number of nitro benzene ring substituents is 1. The summed E-state index contributed by atoms with van der Waals surface area (Å²) in [5.41, 5.74) is 17.1. The summed E-state index contributed by atoms with van der Waals surface area (Å²) in [5.74, 6) is -1.82. The number of primary amides is 2. The van der Waals surface area contributed by atoms with Crippen molar-refractivity contribution in [1.29, 1.82) is 0 Å². The van der Waals surface area contributed by atoms with E-state index in [0.717, 1.165) is 32.0 Å². The lowest BCUT2D eigenvalue weighted by Crippen LogP contribution is -2.46. The van der Waals surface area contributed by atoms with Crippen LogP contribution in [0.3, 0.4) is 0 Å². The molecule has 62 heavy (non-hydrogen) atoms. The average Bonchev–Trinajstić information content (AvgIpc) is 3.20. The smallest absolute Gasteiger partial charge is 0.407 e. The Kier molecular flexibility index (Phi) is 18.9. The first-order chi connectivity index (χ1) is 29.4. The van der Waals surface area contributed by atoms with Gasteiger partial charge >= 0.3 is 6.09 Å². The van der Waals surface area contributed by atoms with Gasteiger partial charge in [0.1, 0.15) is 29.4 Å². The number of hydrogen-bond acceptors (Lipinski definition) is 15. The largest absolute Gasteiger partial charge is 0.494 e. The van der Waals surface area contributed by atoms with Crippen LogP contribution in [0.5, 0.6) is 11.5 Å². The van der Waals surface area contributed by atoms with Crippen molar-refractivity contribution in [2.24, 2.45) is 27.2 Å². The molecule has 3 rings (SSSR count). The average molecular weight is 862 g/mol. The van der Waals surface area contributed by atoms with Crippen molar-refractivity contribution >= 4 is 59.0 Å². The topological polar surface area (TPSA) is 284 Å². The third-order valence-corrected chi connectivity index (χ3v) is 9.03. The molecule has 20 nitrogen and oxygen atoms in total. The van der Waals surface area contributed by atoms with E-state index >= 15 is 0 Å². The molecule has 1 aliphatic rings. The van der Waals surface area contributed by atoms with Crippen LogP contribution in [0.2, 0.25) is 0 Å². The van der Waals surface area contributed by atoms with Gasteiger partial charge in [0.15, 0.2) is 11.4 Å². The lowest BCUT2D eigenvalue weighted by molar-refractivity contribution is -0.384. The third-order valence-electron chi connectivity index (χ3n) is 9.03. The molecule has 0 radical (unpaired) electrons. The molecule has 20 heteroatoms. The van der Waals surface area contributed by atoms with Crippen molar-refractivity contribution in [3.8, 4) is 11.5 Å². The van der Waals surface area contributed by atoms with Crippen LogP contribution >= 0.6 is 0 Å². The first-order valence-corrected chi connectivity index (χ1v) is 19.9. The van der Waals surface area contributed by atoms with Gasteiger partial charge < -0.3 is 52.3 Å². The lowest BCUT2D eigenvalue weighted by Gasteiger charge is -2.32. The molecule has 9 N–H and O–H groups in total. The Morgan fingerprint density at radius 3 is 2.26 bits per heavy atom. The van der Waals surface area contributed by atoms with Gasteiger partial charge in [0.2, 0.25) is 11.8 Å². The Hall–Kier alpha value is -6.96. The minimum Gasteiger partial charge on any atom is -0.494 e. The zero-order valence-electron chi connectivity index (χ0n) is 36.2. The van der Waals surface area contributed by atoms with Gasteiger partial charge in [-0.15, -0.1) is 0 Å². The fraction of sp³-hybridized carbons (Fsp3) is 0.429. The number of alkyl carbamates (subject to hydrolysis) is 1. The monoisotopic (exact) mass is 861 g/mol. The summed E-state index contributed by atoms with van der Waals surface area (Å²) in [6.45, 7) is 15.1. The predicted molar refractivity (Wildman–Crippen MR) is 240 cm³/mol. The molecule has 0 atom stereocenters. The summed E-state index contributed by atoms with van der Waals surface area (Å²) < 4.78 is 16.9. The van der Waals surface area contributed by atoms with Crippen LogP contribution in [0, 0.1) is 10.1 Å². The van der Waals surface area contributed by atoms with E-state index < -0.39 is 40.0 Å². The summed E-state index contributed by atoms with van der Waals surface area (Å²) >= 11 is 0. The number of ether oxygens (including phenoxy) is 3. The molecule has 1 saturated heterocycles. The highest BCUT2D eigenvalue weighted by Crippen LogP contribution is 2.39. The number of nitrogens with one attached hydrogen (secondary N) is 3. The Labute approximate surface area is 361 Å². The number of aliphatic imine (C=N–C) groups is 2. The number of amides is 4. The summed E-state index contributed by atoms with van der Waals surface area (Å²) in [7, 11) is 1.40. The second-order valence-electron chi connectivity index (χ2n) is 15.0. The predicted octanol–water partition coefficient (Wildman–Crippen LogP) is 3.93. The number of nitrogens with zero attached hydrogens (tertiary/aromatic N) is 5. The van der Waals surface area contributed by atoms with E-state index in [9.17, 15) is 29.3 Å². The molecule has 2 aromatic carbocycles. The quantitative estimate of drug-likeness (QED) is 0.0322. The zero-order valence-corrected chi connectivity index (χ0v) is 36.2. The maximum atomic E-state index is 13.2. The van der Waals surface area contributed by atoms with Crippen LogP contribution in [-0.2, 0) is 9.53 Å². The number of allylic oxidation sites excluding steroid dienone is 1. The van der Waals surface area contributed by atoms with Gasteiger partial charge in [0, 0.05) is 68.2 Å². The Bertz CT molecular complexity index is 2060. The highest BCUT2D eigenvalue weighted by atomic mass is 16.6. The highest BCUT2D eigenvalue weighted by molar-refractivity contribution is 6.43. The molecule has 1 aliphatic heterocycles. The summed E-state index contributed by atoms with van der Waals surface area (Å²) in [6, 6.07) is 5.32. The van der Waals surface area contributed by atoms with Crippen molar-refractivity contribution in [3.63, 3.8) is 0 Å². The molecular formula is C42H59N11O9. The molecule has 0 aliphatic carbocycles. The van der Waals surface area contributed by atoms with E-state index in [1.165, 1.54) is 31.4 Å². The van der Waals surface area contributed by atoms with Crippen LogP contribution in [-0.4, -0.2) is 117 Å². The third kappa shape index (κ3) is 15.6. The van der Waals surface area contributed by atoms with Crippen LogP contribution in [0.4, 0.5) is 27.5 Å². The number of methoxy groups -OCH3 is 1. The van der Waals surface area contributed by atoms with Crippen molar-refractivity contribution in [3.05, 3.63) is 81.6 Å². The van der Waals surface area contributed by atoms with Crippen LogP contribution in [0.1, 0.15) is 68.2 Å². The molecule has 1 heterocycles. The van der Waals surface area contributed by atoms with E-state index in [2.05, 4.69) is 37.6 Å².